The Bertz CT molecular complexity index is 459. The van der Waals surface area contributed by atoms with Gasteiger partial charge in [0, 0.05) is 25.3 Å². The summed E-state index contributed by atoms with van der Waals surface area (Å²) in [6, 6.07) is 1.71. The zero-order chi connectivity index (χ0) is 15.8. The lowest BCUT2D eigenvalue weighted by atomic mass is 10.1. The Morgan fingerprint density at radius 2 is 2.00 bits per heavy atom. The molecule has 1 aromatic rings. The van der Waals surface area contributed by atoms with Crippen molar-refractivity contribution in [2.24, 2.45) is 5.92 Å². The Morgan fingerprint density at radius 1 is 1.29 bits per heavy atom. The van der Waals surface area contributed by atoms with E-state index >= 15 is 0 Å². The fraction of sp³-hybridized carbons (Fsp3) is 0.667. The number of carbonyl (C=O) groups excluding carboxylic acids is 1. The first kappa shape index (κ1) is 17.4. The molecule has 0 aliphatic rings. The highest BCUT2D eigenvalue weighted by molar-refractivity contribution is 5.92. The van der Waals surface area contributed by atoms with Crippen LogP contribution in [0.25, 0.3) is 0 Å². The normalized spacial score (nSPS) is 11.0. The summed E-state index contributed by atoms with van der Waals surface area (Å²) < 4.78 is 0. The third-order valence-corrected chi connectivity index (χ3v) is 2.94. The summed E-state index contributed by atoms with van der Waals surface area (Å²) in [5, 5.41) is 6.04. The first-order valence-corrected chi connectivity index (χ1v) is 7.41. The predicted octanol–water partition coefficient (Wildman–Crippen LogP) is 1.53. The zero-order valence-electron chi connectivity index (χ0n) is 13.7. The van der Waals surface area contributed by atoms with Crippen LogP contribution in [-0.4, -0.2) is 54.5 Å². The topological polar surface area (TPSA) is 70.2 Å². The van der Waals surface area contributed by atoms with Crippen molar-refractivity contribution >= 4 is 11.9 Å². The molecule has 0 unspecified atom stereocenters. The lowest BCUT2D eigenvalue weighted by molar-refractivity contribution is 0.0947. The van der Waals surface area contributed by atoms with Crippen molar-refractivity contribution in [3.8, 4) is 0 Å². The Morgan fingerprint density at radius 3 is 2.62 bits per heavy atom. The molecule has 21 heavy (non-hydrogen) atoms. The lowest BCUT2D eigenvalue weighted by Gasteiger charge is -2.12. The van der Waals surface area contributed by atoms with Gasteiger partial charge in [0.15, 0.2) is 0 Å². The predicted molar refractivity (Wildman–Crippen MR) is 85.6 cm³/mol. The number of aromatic nitrogens is 2. The maximum absolute atomic E-state index is 12.1. The standard InChI is InChI=1S/C15H27N5O/c1-11(2)6-7-16-14(21)13-10-12(3)18-15(19-13)17-8-9-20(4)5/h10-11H,6-9H2,1-5H3,(H,16,21)(H,17,18,19). The molecule has 0 fully saturated rings. The maximum Gasteiger partial charge on any atom is 0.270 e. The van der Waals surface area contributed by atoms with Crippen molar-refractivity contribution in [1.29, 1.82) is 0 Å². The molecule has 0 aromatic carbocycles. The molecule has 1 heterocycles. The van der Waals surface area contributed by atoms with E-state index in [4.69, 9.17) is 0 Å². The molecule has 0 atom stereocenters. The number of nitrogens with one attached hydrogen (secondary N) is 2. The van der Waals surface area contributed by atoms with Crippen LogP contribution in [0.15, 0.2) is 6.07 Å². The van der Waals surface area contributed by atoms with Crippen LogP contribution in [0.1, 0.15) is 36.5 Å². The maximum atomic E-state index is 12.1. The minimum absolute atomic E-state index is 0.142. The average Bonchev–Trinajstić information content (AvgIpc) is 2.37. The summed E-state index contributed by atoms with van der Waals surface area (Å²) in [4.78, 5) is 22.7. The number of rotatable bonds is 8. The van der Waals surface area contributed by atoms with Gasteiger partial charge in [-0.15, -0.1) is 0 Å². The van der Waals surface area contributed by atoms with E-state index < -0.39 is 0 Å². The Balaban J connectivity index is 2.61. The third kappa shape index (κ3) is 7.04. The van der Waals surface area contributed by atoms with Gasteiger partial charge >= 0.3 is 0 Å². The van der Waals surface area contributed by atoms with Crippen molar-refractivity contribution in [3.63, 3.8) is 0 Å². The van der Waals surface area contributed by atoms with Crippen LogP contribution in [0.4, 0.5) is 5.95 Å². The van der Waals surface area contributed by atoms with Crippen LogP contribution >= 0.6 is 0 Å². The first-order valence-electron chi connectivity index (χ1n) is 7.41. The fourth-order valence-electron chi connectivity index (χ4n) is 1.72. The number of hydrogen-bond acceptors (Lipinski definition) is 5. The highest BCUT2D eigenvalue weighted by atomic mass is 16.1. The van der Waals surface area contributed by atoms with E-state index in [1.54, 1.807) is 6.07 Å². The molecule has 0 saturated carbocycles. The largest absolute Gasteiger partial charge is 0.353 e. The van der Waals surface area contributed by atoms with Gasteiger partial charge in [0.25, 0.3) is 5.91 Å². The lowest BCUT2D eigenvalue weighted by Crippen LogP contribution is -2.27. The van der Waals surface area contributed by atoms with Crippen molar-refractivity contribution < 1.29 is 4.79 Å². The van der Waals surface area contributed by atoms with Gasteiger partial charge < -0.3 is 15.5 Å². The van der Waals surface area contributed by atoms with Crippen LogP contribution in [0, 0.1) is 12.8 Å². The first-order chi connectivity index (χ1) is 9.88. The highest BCUT2D eigenvalue weighted by Gasteiger charge is 2.10. The van der Waals surface area contributed by atoms with Crippen LogP contribution in [0.5, 0.6) is 0 Å². The van der Waals surface area contributed by atoms with E-state index in [9.17, 15) is 4.79 Å². The summed E-state index contributed by atoms with van der Waals surface area (Å²) in [6.07, 6.45) is 0.962. The number of hydrogen-bond donors (Lipinski definition) is 2. The van der Waals surface area contributed by atoms with Gasteiger partial charge in [-0.25, -0.2) is 9.97 Å². The number of carbonyl (C=O) groups is 1. The second-order valence-corrected chi connectivity index (χ2v) is 5.89. The fourth-order valence-corrected chi connectivity index (χ4v) is 1.72. The van der Waals surface area contributed by atoms with Crippen LogP contribution in [-0.2, 0) is 0 Å². The highest BCUT2D eigenvalue weighted by Crippen LogP contribution is 2.05. The van der Waals surface area contributed by atoms with E-state index in [0.29, 0.717) is 24.1 Å². The Hall–Kier alpha value is -1.69. The average molecular weight is 293 g/mol. The smallest absolute Gasteiger partial charge is 0.270 e. The summed E-state index contributed by atoms with van der Waals surface area (Å²) in [6.45, 7) is 8.42. The van der Waals surface area contributed by atoms with Gasteiger partial charge in [-0.2, -0.15) is 0 Å². The molecule has 0 spiro atoms. The molecular weight excluding hydrogens is 266 g/mol. The second kappa shape index (κ2) is 8.56. The number of amides is 1. The monoisotopic (exact) mass is 293 g/mol. The molecule has 0 saturated heterocycles. The van der Waals surface area contributed by atoms with Gasteiger partial charge in [0.05, 0.1) is 0 Å². The SMILES string of the molecule is Cc1cc(C(=O)NCCC(C)C)nc(NCCN(C)C)n1. The minimum Gasteiger partial charge on any atom is -0.353 e. The molecule has 0 aliphatic carbocycles. The Kier molecular flexibility index (Phi) is 7.08. The number of anilines is 1. The molecule has 1 aromatic heterocycles. The van der Waals surface area contributed by atoms with E-state index in [2.05, 4.69) is 39.3 Å². The van der Waals surface area contributed by atoms with E-state index in [0.717, 1.165) is 25.2 Å². The molecule has 6 nitrogen and oxygen atoms in total. The third-order valence-electron chi connectivity index (χ3n) is 2.94. The van der Waals surface area contributed by atoms with Crippen molar-refractivity contribution in [1.82, 2.24) is 20.2 Å². The van der Waals surface area contributed by atoms with Crippen molar-refractivity contribution in [2.75, 3.05) is 39.0 Å². The second-order valence-electron chi connectivity index (χ2n) is 5.89. The molecular formula is C15H27N5O. The zero-order valence-corrected chi connectivity index (χ0v) is 13.7. The molecule has 0 aliphatic heterocycles. The van der Waals surface area contributed by atoms with Gasteiger partial charge in [-0.05, 0) is 39.4 Å². The van der Waals surface area contributed by atoms with E-state index in [-0.39, 0.29) is 5.91 Å². The van der Waals surface area contributed by atoms with E-state index in [1.165, 1.54) is 0 Å². The van der Waals surface area contributed by atoms with Crippen LogP contribution in [0.2, 0.25) is 0 Å². The molecule has 1 amide bonds. The summed E-state index contributed by atoms with van der Waals surface area (Å²) in [5.74, 6) is 0.934. The van der Waals surface area contributed by atoms with Gasteiger partial charge in [-0.3, -0.25) is 4.79 Å². The molecule has 0 bridgehead atoms. The molecule has 1 rings (SSSR count). The molecule has 0 radical (unpaired) electrons. The van der Waals surface area contributed by atoms with Crippen LogP contribution < -0.4 is 10.6 Å². The van der Waals surface area contributed by atoms with Crippen LogP contribution in [0.3, 0.4) is 0 Å². The van der Waals surface area contributed by atoms with Gasteiger partial charge in [0.1, 0.15) is 5.69 Å². The van der Waals surface area contributed by atoms with Crippen molar-refractivity contribution in [2.45, 2.75) is 27.2 Å². The summed E-state index contributed by atoms with van der Waals surface area (Å²) >= 11 is 0. The summed E-state index contributed by atoms with van der Waals surface area (Å²) in [5.41, 5.74) is 1.20. The summed E-state index contributed by atoms with van der Waals surface area (Å²) in [7, 11) is 4.01. The van der Waals surface area contributed by atoms with E-state index in [1.807, 2.05) is 21.0 Å². The molecule has 118 valence electrons. The van der Waals surface area contributed by atoms with Gasteiger partial charge in [-0.1, -0.05) is 13.8 Å². The van der Waals surface area contributed by atoms with Crippen molar-refractivity contribution in [3.05, 3.63) is 17.5 Å². The number of aryl methyl sites for hydroxylation is 1. The minimum atomic E-state index is -0.142. The molecule has 2 N–H and O–H groups in total. The number of likely N-dealkylation sites (N-methyl/N-ethyl adjacent to an activating group) is 1. The molecule has 6 heteroatoms. The number of nitrogens with zero attached hydrogens (tertiary/aromatic N) is 3. The quantitative estimate of drug-likeness (QED) is 0.761. The Labute approximate surface area is 127 Å². The van der Waals surface area contributed by atoms with Gasteiger partial charge in [0.2, 0.25) is 5.95 Å².